The molecular weight excluding hydrogens is 335 g/mol. The molecule has 7 heteroatoms. The molecule has 1 aromatic rings. The quantitative estimate of drug-likeness (QED) is 0.849. The summed E-state index contributed by atoms with van der Waals surface area (Å²) in [6, 6.07) is 5.35. The summed E-state index contributed by atoms with van der Waals surface area (Å²) in [7, 11) is 0. The molecule has 0 spiro atoms. The smallest absolute Gasteiger partial charge is 0.320 e. The Morgan fingerprint density at radius 2 is 2.00 bits per heavy atom. The first-order valence-electron chi connectivity index (χ1n) is 7.95. The Kier molecular flexibility index (Phi) is 7.63. The van der Waals surface area contributed by atoms with Gasteiger partial charge in [-0.05, 0) is 50.9 Å². The van der Waals surface area contributed by atoms with Crippen LogP contribution in [0.2, 0.25) is 0 Å². The molecule has 1 saturated heterocycles. The second kappa shape index (κ2) is 8.99. The van der Waals surface area contributed by atoms with Crippen molar-refractivity contribution >= 4 is 24.3 Å². The molecule has 1 N–H and O–H groups in total. The summed E-state index contributed by atoms with van der Waals surface area (Å²) in [6.07, 6.45) is 1.38. The monoisotopic (exact) mass is 358 g/mol. The van der Waals surface area contributed by atoms with E-state index >= 15 is 0 Å². The lowest BCUT2D eigenvalue weighted by Crippen LogP contribution is -2.45. The number of nitrogens with zero attached hydrogens (tertiary/aromatic N) is 2. The van der Waals surface area contributed by atoms with E-state index in [9.17, 15) is 19.1 Å². The molecule has 1 amide bonds. The Morgan fingerprint density at radius 1 is 1.38 bits per heavy atom. The Balaban J connectivity index is 0.00000288. The molecule has 1 fully saturated rings. The van der Waals surface area contributed by atoms with Crippen molar-refractivity contribution in [1.29, 1.82) is 0 Å². The summed E-state index contributed by atoms with van der Waals surface area (Å²) in [5.41, 5.74) is 0.859. The van der Waals surface area contributed by atoms with Gasteiger partial charge in [-0.15, -0.1) is 12.4 Å². The van der Waals surface area contributed by atoms with Gasteiger partial charge in [0.15, 0.2) is 0 Å². The van der Waals surface area contributed by atoms with Crippen LogP contribution < -0.4 is 0 Å². The zero-order valence-corrected chi connectivity index (χ0v) is 14.8. The maximum Gasteiger partial charge on any atom is 0.320 e. The lowest BCUT2D eigenvalue weighted by atomic mass is 10.1. The average molecular weight is 359 g/mol. The summed E-state index contributed by atoms with van der Waals surface area (Å²) < 4.78 is 13.0. The topological polar surface area (TPSA) is 60.9 Å². The molecule has 0 saturated carbocycles. The zero-order chi connectivity index (χ0) is 17.0. The van der Waals surface area contributed by atoms with E-state index in [4.69, 9.17) is 0 Å². The molecule has 134 valence electrons. The van der Waals surface area contributed by atoms with Crippen LogP contribution in [0.5, 0.6) is 0 Å². The summed E-state index contributed by atoms with van der Waals surface area (Å²) in [5.74, 6) is -1.28. The molecule has 1 aromatic carbocycles. The Hall–Kier alpha value is -1.66. The predicted molar refractivity (Wildman–Crippen MR) is 91.7 cm³/mol. The number of carbonyl (C=O) groups is 2. The maximum atomic E-state index is 13.0. The van der Waals surface area contributed by atoms with E-state index in [1.165, 1.54) is 12.1 Å². The molecule has 24 heavy (non-hydrogen) atoms. The highest BCUT2D eigenvalue weighted by Gasteiger charge is 2.33. The van der Waals surface area contributed by atoms with Crippen molar-refractivity contribution < 1.29 is 19.1 Å². The molecular formula is C17H24ClFN2O3. The molecule has 1 heterocycles. The minimum atomic E-state index is -0.870. The predicted octanol–water partition coefficient (Wildman–Crippen LogP) is 2.71. The lowest BCUT2D eigenvalue weighted by molar-refractivity contribution is -0.143. The SMILES string of the molecule is CCN(C(=O)CN1CCC[C@@H]1C(=O)O)C(C)c1ccc(F)cc1.Cl. The fraction of sp³-hybridized carbons (Fsp3) is 0.529. The van der Waals surface area contributed by atoms with Gasteiger partial charge in [0.05, 0.1) is 12.6 Å². The maximum absolute atomic E-state index is 13.0. The van der Waals surface area contributed by atoms with Crippen molar-refractivity contribution in [1.82, 2.24) is 9.80 Å². The van der Waals surface area contributed by atoms with E-state index in [1.807, 2.05) is 13.8 Å². The van der Waals surface area contributed by atoms with Crippen LogP contribution in [0.1, 0.15) is 38.3 Å². The molecule has 1 unspecified atom stereocenters. The first-order valence-corrected chi connectivity index (χ1v) is 7.95. The number of likely N-dealkylation sites (tertiary alicyclic amines) is 1. The van der Waals surface area contributed by atoms with Crippen LogP contribution in [0.15, 0.2) is 24.3 Å². The second-order valence-corrected chi connectivity index (χ2v) is 5.87. The number of amides is 1. The molecule has 1 aliphatic heterocycles. The number of halogens is 2. The van der Waals surface area contributed by atoms with Gasteiger partial charge >= 0.3 is 5.97 Å². The summed E-state index contributed by atoms with van der Waals surface area (Å²) in [5, 5.41) is 9.20. The van der Waals surface area contributed by atoms with Gasteiger partial charge in [-0.1, -0.05) is 12.1 Å². The van der Waals surface area contributed by atoms with Crippen molar-refractivity contribution in [2.75, 3.05) is 19.6 Å². The molecule has 0 bridgehead atoms. The van der Waals surface area contributed by atoms with Crippen LogP contribution in [0.25, 0.3) is 0 Å². The number of rotatable bonds is 6. The van der Waals surface area contributed by atoms with Crippen LogP contribution in [-0.4, -0.2) is 52.5 Å². The van der Waals surface area contributed by atoms with Crippen molar-refractivity contribution in [3.05, 3.63) is 35.6 Å². The van der Waals surface area contributed by atoms with Gasteiger partial charge in [-0.3, -0.25) is 14.5 Å². The number of hydrogen-bond acceptors (Lipinski definition) is 3. The van der Waals surface area contributed by atoms with E-state index < -0.39 is 12.0 Å². The summed E-state index contributed by atoms with van der Waals surface area (Å²) >= 11 is 0. The third-order valence-electron chi connectivity index (χ3n) is 4.47. The van der Waals surface area contributed by atoms with Crippen molar-refractivity contribution in [3.8, 4) is 0 Å². The van der Waals surface area contributed by atoms with Crippen LogP contribution in [0.4, 0.5) is 4.39 Å². The standard InChI is InChI=1S/C17H23FN2O3.ClH/c1-3-20(12(2)13-6-8-14(18)9-7-13)16(21)11-19-10-4-5-15(19)17(22)23;/h6-9,12,15H,3-5,10-11H2,1-2H3,(H,22,23);1H/t12?,15-;/m1./s1. The Bertz CT molecular complexity index is 567. The van der Waals surface area contributed by atoms with Gasteiger partial charge in [0.1, 0.15) is 11.9 Å². The van der Waals surface area contributed by atoms with E-state index in [0.29, 0.717) is 19.5 Å². The van der Waals surface area contributed by atoms with Crippen LogP contribution in [0.3, 0.4) is 0 Å². The Morgan fingerprint density at radius 3 is 2.54 bits per heavy atom. The first kappa shape index (κ1) is 20.4. The minimum absolute atomic E-state index is 0. The van der Waals surface area contributed by atoms with Gasteiger partial charge in [-0.25, -0.2) is 4.39 Å². The van der Waals surface area contributed by atoms with Gasteiger partial charge in [0.2, 0.25) is 5.91 Å². The van der Waals surface area contributed by atoms with Crippen molar-refractivity contribution in [3.63, 3.8) is 0 Å². The summed E-state index contributed by atoms with van der Waals surface area (Å²) in [6.45, 7) is 5.04. The number of benzene rings is 1. The number of aliphatic carboxylic acids is 1. The molecule has 0 aromatic heterocycles. The number of likely N-dealkylation sites (N-methyl/N-ethyl adjacent to an activating group) is 1. The highest BCUT2D eigenvalue weighted by molar-refractivity contribution is 5.85. The highest BCUT2D eigenvalue weighted by atomic mass is 35.5. The van der Waals surface area contributed by atoms with Crippen LogP contribution in [-0.2, 0) is 9.59 Å². The van der Waals surface area contributed by atoms with Crippen molar-refractivity contribution in [2.45, 2.75) is 38.8 Å². The van der Waals surface area contributed by atoms with Gasteiger partial charge in [-0.2, -0.15) is 0 Å². The van der Waals surface area contributed by atoms with Crippen LogP contribution in [0, 0.1) is 5.82 Å². The fourth-order valence-electron chi connectivity index (χ4n) is 3.15. The number of carbonyl (C=O) groups excluding carboxylic acids is 1. The lowest BCUT2D eigenvalue weighted by Gasteiger charge is -2.31. The molecule has 0 radical (unpaired) electrons. The third kappa shape index (κ3) is 4.68. The molecule has 2 atom stereocenters. The molecule has 5 nitrogen and oxygen atoms in total. The normalized spacial score (nSPS) is 18.7. The van der Waals surface area contributed by atoms with Gasteiger partial charge in [0, 0.05) is 6.54 Å². The molecule has 1 aliphatic rings. The fourth-order valence-corrected chi connectivity index (χ4v) is 3.15. The van der Waals surface area contributed by atoms with Gasteiger partial charge in [0.25, 0.3) is 0 Å². The zero-order valence-electron chi connectivity index (χ0n) is 13.9. The minimum Gasteiger partial charge on any atom is -0.480 e. The average Bonchev–Trinajstić information content (AvgIpc) is 2.96. The largest absolute Gasteiger partial charge is 0.480 e. The van der Waals surface area contributed by atoms with E-state index in [0.717, 1.165) is 12.0 Å². The number of carboxylic acids is 1. The van der Waals surface area contributed by atoms with Crippen LogP contribution >= 0.6 is 12.4 Å². The van der Waals surface area contributed by atoms with E-state index in [2.05, 4.69) is 0 Å². The number of hydrogen-bond donors (Lipinski definition) is 1. The second-order valence-electron chi connectivity index (χ2n) is 5.87. The number of carboxylic acid groups (broad SMARTS) is 1. The third-order valence-corrected chi connectivity index (χ3v) is 4.47. The first-order chi connectivity index (χ1) is 10.9. The van der Waals surface area contributed by atoms with E-state index in [1.54, 1.807) is 21.9 Å². The molecule has 2 rings (SSSR count). The summed E-state index contributed by atoms with van der Waals surface area (Å²) in [4.78, 5) is 27.2. The molecule has 0 aliphatic carbocycles. The Labute approximate surface area is 147 Å². The highest BCUT2D eigenvalue weighted by Crippen LogP contribution is 2.22. The van der Waals surface area contributed by atoms with Gasteiger partial charge < -0.3 is 10.0 Å². The van der Waals surface area contributed by atoms with E-state index in [-0.39, 0.29) is 36.7 Å². The van der Waals surface area contributed by atoms with Crippen molar-refractivity contribution in [2.24, 2.45) is 0 Å².